The molecule has 0 saturated carbocycles. The molecule has 1 N–H and O–H groups in total. The van der Waals surface area contributed by atoms with Gasteiger partial charge in [-0.2, -0.15) is 23.3 Å². The van der Waals surface area contributed by atoms with Crippen LogP contribution in [0, 0.1) is 0 Å². The molecule has 1 aliphatic heterocycles. The van der Waals surface area contributed by atoms with Gasteiger partial charge < -0.3 is 9.84 Å². The average Bonchev–Trinajstić information content (AvgIpc) is 2.94. The number of carbonyl (C=O) groups is 1. The molecule has 0 saturated heterocycles. The number of nitrogens with zero attached hydrogens (tertiary/aromatic N) is 2. The van der Waals surface area contributed by atoms with Gasteiger partial charge in [0.25, 0.3) is 5.91 Å². The number of phenols is 1. The largest absolute Gasteiger partial charge is 0.504 e. The van der Waals surface area contributed by atoms with Gasteiger partial charge in [0.15, 0.2) is 17.2 Å². The minimum atomic E-state index is -4.83. The van der Waals surface area contributed by atoms with Crippen LogP contribution >= 0.6 is 11.6 Å². The van der Waals surface area contributed by atoms with Crippen LogP contribution in [0.15, 0.2) is 53.1 Å². The van der Waals surface area contributed by atoms with Crippen LogP contribution in [0.25, 0.3) is 6.08 Å². The van der Waals surface area contributed by atoms with Crippen molar-refractivity contribution in [1.82, 2.24) is 0 Å². The van der Waals surface area contributed by atoms with Gasteiger partial charge in [-0.15, -0.1) is 0 Å². The summed E-state index contributed by atoms with van der Waals surface area (Å²) in [5.74, 6) is -1.04. The summed E-state index contributed by atoms with van der Waals surface area (Å²) < 4.78 is 45.2. The summed E-state index contributed by atoms with van der Waals surface area (Å²) >= 11 is 5.77. The number of hydrogen-bond donors (Lipinski definition) is 1. The minimum Gasteiger partial charge on any atom is -0.504 e. The Kier molecular flexibility index (Phi) is 4.84. The number of amides is 1. The number of hydrogen-bond acceptors (Lipinski definition) is 4. The fourth-order valence-electron chi connectivity index (χ4n) is 2.46. The highest BCUT2D eigenvalue weighted by Gasteiger charge is 2.46. The molecule has 0 spiro atoms. The number of benzene rings is 2. The molecule has 0 aromatic heterocycles. The third-order valence-electron chi connectivity index (χ3n) is 3.73. The lowest BCUT2D eigenvalue weighted by Gasteiger charge is -2.11. The number of hydrazone groups is 1. The van der Waals surface area contributed by atoms with Gasteiger partial charge in [0.1, 0.15) is 0 Å². The SMILES string of the molecule is COc1cc(/C=C2\C(=O)N(c3ccc(Cl)cc3)N=C2C(F)(F)F)ccc1O. The van der Waals surface area contributed by atoms with E-state index in [1.54, 1.807) is 0 Å². The molecule has 0 aliphatic carbocycles. The first-order chi connectivity index (χ1) is 12.7. The molecule has 1 heterocycles. The van der Waals surface area contributed by atoms with Gasteiger partial charge in [-0.1, -0.05) is 17.7 Å². The lowest BCUT2D eigenvalue weighted by atomic mass is 10.1. The second-order valence-electron chi connectivity index (χ2n) is 5.53. The number of phenolic OH excluding ortho intramolecular Hbond substituents is 1. The van der Waals surface area contributed by atoms with Crippen LogP contribution in [0.5, 0.6) is 11.5 Å². The zero-order valence-electron chi connectivity index (χ0n) is 13.8. The molecule has 3 rings (SSSR count). The van der Waals surface area contributed by atoms with Crippen LogP contribution in [-0.4, -0.2) is 30.0 Å². The Morgan fingerprint density at radius 3 is 2.44 bits per heavy atom. The number of methoxy groups -OCH3 is 1. The molecule has 0 fully saturated rings. The number of alkyl halides is 3. The fourth-order valence-corrected chi connectivity index (χ4v) is 2.59. The highest BCUT2D eigenvalue weighted by atomic mass is 35.5. The molecule has 0 radical (unpaired) electrons. The van der Waals surface area contributed by atoms with Crippen LogP contribution in [0.2, 0.25) is 5.02 Å². The predicted molar refractivity (Wildman–Crippen MR) is 95.1 cm³/mol. The molecule has 0 unspecified atom stereocenters. The van der Waals surface area contributed by atoms with Crippen LogP contribution in [-0.2, 0) is 4.79 Å². The van der Waals surface area contributed by atoms with Gasteiger partial charge in [-0.05, 0) is 48.0 Å². The van der Waals surface area contributed by atoms with Gasteiger partial charge in [0, 0.05) is 5.02 Å². The van der Waals surface area contributed by atoms with Crippen molar-refractivity contribution in [3.8, 4) is 11.5 Å². The van der Waals surface area contributed by atoms with Crippen LogP contribution in [0.1, 0.15) is 5.56 Å². The second kappa shape index (κ2) is 6.96. The summed E-state index contributed by atoms with van der Waals surface area (Å²) in [6, 6.07) is 9.60. The van der Waals surface area contributed by atoms with E-state index in [4.69, 9.17) is 16.3 Å². The Balaban J connectivity index is 2.07. The van der Waals surface area contributed by atoms with Crippen molar-refractivity contribution in [3.63, 3.8) is 0 Å². The van der Waals surface area contributed by atoms with E-state index in [1.807, 2.05) is 0 Å². The number of ether oxygens (including phenoxy) is 1. The quantitative estimate of drug-likeness (QED) is 0.782. The van der Waals surface area contributed by atoms with Crippen molar-refractivity contribution in [2.75, 3.05) is 12.1 Å². The minimum absolute atomic E-state index is 0.0647. The number of halogens is 4. The van der Waals surface area contributed by atoms with Crippen molar-refractivity contribution in [2.45, 2.75) is 6.18 Å². The van der Waals surface area contributed by atoms with Crippen molar-refractivity contribution in [2.24, 2.45) is 5.10 Å². The summed E-state index contributed by atoms with van der Waals surface area (Å²) in [6.45, 7) is 0. The zero-order chi connectivity index (χ0) is 19.8. The van der Waals surface area contributed by atoms with Crippen LogP contribution in [0.3, 0.4) is 0 Å². The number of rotatable bonds is 3. The molecule has 1 amide bonds. The van der Waals surface area contributed by atoms with Crippen molar-refractivity contribution < 1.29 is 27.8 Å². The van der Waals surface area contributed by atoms with Gasteiger partial charge in [-0.3, -0.25) is 4.79 Å². The van der Waals surface area contributed by atoms with Gasteiger partial charge in [0.2, 0.25) is 0 Å². The average molecular weight is 397 g/mol. The highest BCUT2D eigenvalue weighted by Crippen LogP contribution is 2.34. The number of carbonyl (C=O) groups excluding carboxylic acids is 1. The third kappa shape index (κ3) is 3.75. The van der Waals surface area contributed by atoms with E-state index in [0.29, 0.717) is 10.0 Å². The first-order valence-corrected chi connectivity index (χ1v) is 7.93. The van der Waals surface area contributed by atoms with E-state index >= 15 is 0 Å². The summed E-state index contributed by atoms with van der Waals surface area (Å²) in [4.78, 5) is 12.6. The Hall–Kier alpha value is -3.00. The normalized spacial score (nSPS) is 16.0. The number of aromatic hydroxyl groups is 1. The molecule has 9 heteroatoms. The summed E-state index contributed by atoms with van der Waals surface area (Å²) in [6.07, 6.45) is -3.78. The predicted octanol–water partition coefficient (Wildman–Crippen LogP) is 4.40. The molecular weight excluding hydrogens is 385 g/mol. The molecule has 0 atom stereocenters. The van der Waals surface area contributed by atoms with Crippen molar-refractivity contribution in [3.05, 3.63) is 58.6 Å². The second-order valence-corrected chi connectivity index (χ2v) is 5.97. The molecular formula is C18H12ClF3N2O3. The Bertz CT molecular complexity index is 953. The molecule has 2 aromatic carbocycles. The summed E-state index contributed by atoms with van der Waals surface area (Å²) in [7, 11) is 1.30. The van der Waals surface area contributed by atoms with Gasteiger partial charge >= 0.3 is 6.18 Å². The summed E-state index contributed by atoms with van der Waals surface area (Å²) in [5, 5.41) is 14.1. The maximum absolute atomic E-state index is 13.4. The van der Waals surface area contributed by atoms with E-state index in [1.165, 1.54) is 49.6 Å². The Morgan fingerprint density at radius 2 is 1.85 bits per heavy atom. The Morgan fingerprint density at radius 1 is 1.19 bits per heavy atom. The van der Waals surface area contributed by atoms with E-state index in [-0.39, 0.29) is 22.7 Å². The lowest BCUT2D eigenvalue weighted by molar-refractivity contribution is -0.114. The lowest BCUT2D eigenvalue weighted by Crippen LogP contribution is -2.25. The van der Waals surface area contributed by atoms with Crippen molar-refractivity contribution in [1.29, 1.82) is 0 Å². The maximum atomic E-state index is 13.4. The Labute approximate surface area is 156 Å². The first kappa shape index (κ1) is 18.8. The maximum Gasteiger partial charge on any atom is 0.435 e. The van der Waals surface area contributed by atoms with E-state index in [0.717, 1.165) is 6.08 Å². The molecule has 27 heavy (non-hydrogen) atoms. The van der Waals surface area contributed by atoms with Crippen LogP contribution < -0.4 is 9.75 Å². The van der Waals surface area contributed by atoms with Crippen LogP contribution in [0.4, 0.5) is 18.9 Å². The smallest absolute Gasteiger partial charge is 0.435 e. The molecule has 1 aliphatic rings. The molecule has 140 valence electrons. The van der Waals surface area contributed by atoms with Gasteiger partial charge in [0.05, 0.1) is 18.4 Å². The number of anilines is 1. The van der Waals surface area contributed by atoms with E-state index in [2.05, 4.69) is 5.10 Å². The third-order valence-corrected chi connectivity index (χ3v) is 3.98. The van der Waals surface area contributed by atoms with E-state index in [9.17, 15) is 23.1 Å². The van der Waals surface area contributed by atoms with Crippen molar-refractivity contribution >= 4 is 35.0 Å². The standard InChI is InChI=1S/C18H12ClF3N2O3/c1-27-15-9-10(2-7-14(15)25)8-13-16(18(20,21)22)23-24(17(13)26)12-5-3-11(19)4-6-12/h2-9,25H,1H3/b13-8-. The summed E-state index contributed by atoms with van der Waals surface area (Å²) in [5.41, 5.74) is -1.54. The monoisotopic (exact) mass is 396 g/mol. The zero-order valence-corrected chi connectivity index (χ0v) is 14.5. The molecule has 5 nitrogen and oxygen atoms in total. The highest BCUT2D eigenvalue weighted by molar-refractivity contribution is 6.34. The molecule has 0 bridgehead atoms. The fraction of sp³-hybridized carbons (Fsp3) is 0.111. The first-order valence-electron chi connectivity index (χ1n) is 7.55. The van der Waals surface area contributed by atoms with E-state index < -0.39 is 23.4 Å². The van der Waals surface area contributed by atoms with Gasteiger partial charge in [-0.25, -0.2) is 0 Å². The topological polar surface area (TPSA) is 62.1 Å². The molecule has 2 aromatic rings.